The lowest BCUT2D eigenvalue weighted by Crippen LogP contribution is -2.37. The lowest BCUT2D eigenvalue weighted by molar-refractivity contribution is -0.113. The van der Waals surface area contributed by atoms with Crippen molar-refractivity contribution in [1.29, 1.82) is 0 Å². The third-order valence-corrected chi connectivity index (χ3v) is 5.74. The van der Waals surface area contributed by atoms with Crippen molar-refractivity contribution >= 4 is 29.3 Å². The molecule has 162 valence electrons. The fourth-order valence-corrected chi connectivity index (χ4v) is 4.29. The van der Waals surface area contributed by atoms with Crippen molar-refractivity contribution in [1.82, 2.24) is 14.8 Å². The topological polar surface area (TPSA) is 72.3 Å². The Morgan fingerprint density at radius 2 is 1.87 bits per heavy atom. The van der Waals surface area contributed by atoms with Gasteiger partial charge in [0, 0.05) is 18.8 Å². The average molecular weight is 442 g/mol. The Bertz CT molecular complexity index is 1060. The van der Waals surface area contributed by atoms with E-state index in [-0.39, 0.29) is 17.5 Å². The summed E-state index contributed by atoms with van der Waals surface area (Å²) < 4.78 is 21.2. The molecule has 4 rings (SSSR count). The van der Waals surface area contributed by atoms with E-state index in [1.54, 1.807) is 16.7 Å². The van der Waals surface area contributed by atoms with E-state index in [2.05, 4.69) is 26.5 Å². The first-order valence-electron chi connectivity index (χ1n) is 10.0. The number of benzene rings is 2. The summed E-state index contributed by atoms with van der Waals surface area (Å²) in [5.41, 5.74) is 3.56. The molecule has 0 atom stereocenters. The zero-order valence-electron chi connectivity index (χ0n) is 17.5. The van der Waals surface area contributed by atoms with Crippen molar-refractivity contribution in [2.45, 2.75) is 19.0 Å². The second-order valence-electron chi connectivity index (χ2n) is 7.41. The number of nitrogens with one attached hydrogen (secondary N) is 1. The molecule has 7 nitrogen and oxygen atoms in total. The lowest BCUT2D eigenvalue weighted by atomic mass is 10.1. The Morgan fingerprint density at radius 1 is 1.13 bits per heavy atom. The quantitative estimate of drug-likeness (QED) is 0.590. The van der Waals surface area contributed by atoms with E-state index in [1.807, 2.05) is 26.0 Å². The molecule has 1 saturated heterocycles. The molecule has 0 unspecified atom stereocenters. The molecule has 1 amide bonds. The van der Waals surface area contributed by atoms with Gasteiger partial charge in [-0.25, -0.2) is 4.39 Å². The van der Waals surface area contributed by atoms with Gasteiger partial charge in [-0.1, -0.05) is 23.9 Å². The smallest absolute Gasteiger partial charge is 0.234 e. The van der Waals surface area contributed by atoms with E-state index in [0.717, 1.165) is 16.8 Å². The summed E-state index contributed by atoms with van der Waals surface area (Å²) in [5, 5.41) is 12.1. The molecule has 31 heavy (non-hydrogen) atoms. The summed E-state index contributed by atoms with van der Waals surface area (Å²) in [5.74, 6) is 0.286. The van der Waals surface area contributed by atoms with Crippen LogP contribution < -0.4 is 10.2 Å². The molecular formula is C22H24FN5O2S. The second-order valence-corrected chi connectivity index (χ2v) is 8.35. The summed E-state index contributed by atoms with van der Waals surface area (Å²) in [6.45, 7) is 6.52. The summed E-state index contributed by atoms with van der Waals surface area (Å²) in [4.78, 5) is 14.6. The molecular weight excluding hydrogens is 417 g/mol. The molecule has 2 heterocycles. The summed E-state index contributed by atoms with van der Waals surface area (Å²) in [6.07, 6.45) is 0. The number of rotatable bonds is 6. The molecule has 3 aromatic rings. The van der Waals surface area contributed by atoms with Crippen molar-refractivity contribution in [3.63, 3.8) is 0 Å². The standard InChI is InChI=1S/C22H24FN5O2S/c1-15-10-16(2)12-18(11-15)24-20(29)14-31-22-26-25-21(27-6-8-30-9-7-27)28(22)19-5-3-4-17(23)13-19/h3-5,10-13H,6-9,14H2,1-2H3,(H,24,29). The molecule has 1 aliphatic heterocycles. The predicted octanol–water partition coefficient (Wildman–Crippen LogP) is 3.59. The Labute approximate surface area is 184 Å². The number of anilines is 2. The molecule has 1 aliphatic rings. The molecule has 0 aliphatic carbocycles. The van der Waals surface area contributed by atoms with Crippen LogP contribution in [0.4, 0.5) is 16.0 Å². The monoisotopic (exact) mass is 441 g/mol. The maximum Gasteiger partial charge on any atom is 0.234 e. The number of aryl methyl sites for hydroxylation is 2. The first-order chi connectivity index (χ1) is 15.0. The number of ether oxygens (including phenoxy) is 1. The number of carbonyl (C=O) groups excluding carboxylic acids is 1. The fourth-order valence-electron chi connectivity index (χ4n) is 3.54. The number of thioether (sulfide) groups is 1. The first-order valence-corrected chi connectivity index (χ1v) is 11.0. The van der Waals surface area contributed by atoms with Crippen molar-refractivity contribution in [3.8, 4) is 5.69 Å². The van der Waals surface area contributed by atoms with Crippen LogP contribution in [0.3, 0.4) is 0 Å². The number of carbonyl (C=O) groups is 1. The largest absolute Gasteiger partial charge is 0.378 e. The van der Waals surface area contributed by atoms with Crippen LogP contribution in [0, 0.1) is 19.7 Å². The molecule has 2 aromatic carbocycles. The van der Waals surface area contributed by atoms with Gasteiger partial charge < -0.3 is 15.0 Å². The Kier molecular flexibility index (Phi) is 6.53. The molecule has 0 radical (unpaired) electrons. The maximum atomic E-state index is 13.9. The van der Waals surface area contributed by atoms with Crippen molar-refractivity contribution in [2.75, 3.05) is 42.3 Å². The Hall–Kier alpha value is -2.91. The lowest BCUT2D eigenvalue weighted by Gasteiger charge is -2.27. The van der Waals surface area contributed by atoms with Gasteiger partial charge in [-0.2, -0.15) is 0 Å². The van der Waals surface area contributed by atoms with Crippen molar-refractivity contribution < 1.29 is 13.9 Å². The van der Waals surface area contributed by atoms with Gasteiger partial charge in [0.25, 0.3) is 0 Å². The van der Waals surface area contributed by atoms with Crippen LogP contribution in [0.2, 0.25) is 0 Å². The minimum Gasteiger partial charge on any atom is -0.378 e. The van der Waals surface area contributed by atoms with Gasteiger partial charge in [0.15, 0.2) is 5.16 Å². The molecule has 0 spiro atoms. The number of hydrogen-bond donors (Lipinski definition) is 1. The van der Waals surface area contributed by atoms with Gasteiger partial charge in [0.05, 0.1) is 24.7 Å². The van der Waals surface area contributed by atoms with Gasteiger partial charge in [-0.3, -0.25) is 9.36 Å². The highest BCUT2D eigenvalue weighted by atomic mass is 32.2. The molecule has 1 N–H and O–H groups in total. The average Bonchev–Trinajstić information content (AvgIpc) is 3.16. The zero-order valence-corrected chi connectivity index (χ0v) is 18.3. The van der Waals surface area contributed by atoms with E-state index in [1.165, 1.54) is 23.9 Å². The number of aromatic nitrogens is 3. The van der Waals surface area contributed by atoms with Gasteiger partial charge in [0.2, 0.25) is 11.9 Å². The van der Waals surface area contributed by atoms with Gasteiger partial charge in [-0.15, -0.1) is 10.2 Å². The number of morpholine rings is 1. The number of hydrogen-bond acceptors (Lipinski definition) is 6. The van der Waals surface area contributed by atoms with E-state index < -0.39 is 0 Å². The van der Waals surface area contributed by atoms with Gasteiger partial charge in [-0.05, 0) is 55.3 Å². The highest BCUT2D eigenvalue weighted by molar-refractivity contribution is 7.99. The van der Waals surface area contributed by atoms with E-state index in [0.29, 0.717) is 43.1 Å². The number of halogens is 1. The Morgan fingerprint density at radius 3 is 2.58 bits per heavy atom. The van der Waals surface area contributed by atoms with Crippen LogP contribution in [0.25, 0.3) is 5.69 Å². The molecule has 0 saturated carbocycles. The molecule has 1 fully saturated rings. The van der Waals surface area contributed by atoms with Gasteiger partial charge >= 0.3 is 0 Å². The predicted molar refractivity (Wildman–Crippen MR) is 120 cm³/mol. The van der Waals surface area contributed by atoms with Crippen LogP contribution in [-0.4, -0.2) is 52.7 Å². The summed E-state index contributed by atoms with van der Waals surface area (Å²) in [7, 11) is 0. The zero-order chi connectivity index (χ0) is 21.8. The van der Waals surface area contributed by atoms with Crippen molar-refractivity contribution in [2.24, 2.45) is 0 Å². The Balaban J connectivity index is 1.54. The first kappa shape index (κ1) is 21.3. The minimum absolute atomic E-state index is 0.142. The highest BCUT2D eigenvalue weighted by Gasteiger charge is 2.22. The normalized spacial score (nSPS) is 14.0. The van der Waals surface area contributed by atoms with E-state index in [4.69, 9.17) is 4.74 Å². The van der Waals surface area contributed by atoms with E-state index >= 15 is 0 Å². The minimum atomic E-state index is -0.345. The maximum absolute atomic E-state index is 13.9. The van der Waals surface area contributed by atoms with E-state index in [9.17, 15) is 9.18 Å². The van der Waals surface area contributed by atoms with Crippen molar-refractivity contribution in [3.05, 3.63) is 59.4 Å². The third-order valence-electron chi connectivity index (χ3n) is 4.81. The van der Waals surface area contributed by atoms with Crippen LogP contribution in [0.1, 0.15) is 11.1 Å². The summed E-state index contributed by atoms with van der Waals surface area (Å²) in [6, 6.07) is 12.2. The van der Waals surface area contributed by atoms with Crippen LogP contribution >= 0.6 is 11.8 Å². The third kappa shape index (κ3) is 5.23. The van der Waals surface area contributed by atoms with Crippen LogP contribution in [0.5, 0.6) is 0 Å². The second kappa shape index (κ2) is 9.49. The summed E-state index contributed by atoms with van der Waals surface area (Å²) >= 11 is 1.27. The van der Waals surface area contributed by atoms with Crippen LogP contribution in [-0.2, 0) is 9.53 Å². The number of amides is 1. The van der Waals surface area contributed by atoms with Gasteiger partial charge in [0.1, 0.15) is 5.82 Å². The SMILES string of the molecule is Cc1cc(C)cc(NC(=O)CSc2nnc(N3CCOCC3)n2-c2cccc(F)c2)c1. The fraction of sp³-hybridized carbons (Fsp3) is 0.318. The molecule has 0 bridgehead atoms. The molecule has 1 aromatic heterocycles. The highest BCUT2D eigenvalue weighted by Crippen LogP contribution is 2.27. The molecule has 9 heteroatoms. The number of nitrogens with zero attached hydrogens (tertiary/aromatic N) is 4. The van der Waals surface area contributed by atoms with Crippen LogP contribution in [0.15, 0.2) is 47.6 Å².